The maximum atomic E-state index is 12.4. The minimum Gasteiger partial charge on any atom is -0.252 e. The molecule has 4 nitrogen and oxygen atoms in total. The van der Waals surface area contributed by atoms with Gasteiger partial charge in [0.25, 0.3) is 15.5 Å². The van der Waals surface area contributed by atoms with Crippen molar-refractivity contribution >= 4 is 31.3 Å². The lowest BCUT2D eigenvalue weighted by Crippen LogP contribution is -2.04. The number of nitrogens with zero attached hydrogens (tertiary/aromatic N) is 2. The van der Waals surface area contributed by atoms with Crippen molar-refractivity contribution in [1.82, 2.24) is 4.98 Å². The molecule has 1 aromatic rings. The lowest BCUT2D eigenvalue weighted by molar-refractivity contribution is 0.145. The van der Waals surface area contributed by atoms with Crippen molar-refractivity contribution in [3.05, 3.63) is 22.5 Å². The summed E-state index contributed by atoms with van der Waals surface area (Å²) in [5.74, 6) is 0. The highest BCUT2D eigenvalue weighted by Gasteiger charge is 2.27. The molecule has 0 saturated heterocycles. The predicted molar refractivity (Wildman–Crippen MR) is 52.0 cm³/mol. The molecule has 0 amide bonds. The van der Waals surface area contributed by atoms with Crippen molar-refractivity contribution < 1.29 is 17.2 Å². The van der Waals surface area contributed by atoms with E-state index in [1.807, 2.05) is 0 Å². The highest BCUT2D eigenvalue weighted by atomic mass is 35.7. The summed E-state index contributed by atoms with van der Waals surface area (Å²) < 4.78 is 47.0. The first-order valence-electron chi connectivity index (χ1n) is 3.60. The predicted octanol–water partition coefficient (Wildman–Crippen LogP) is 2.47. The molecule has 0 radical (unpaired) electrons. The monoisotopic (exact) mass is 286 g/mol. The highest BCUT2D eigenvalue weighted by Crippen LogP contribution is 2.32. The number of halogens is 4. The molecule has 0 atom stereocenters. The van der Waals surface area contributed by atoms with Crippen LogP contribution < -0.4 is 0 Å². The second kappa shape index (κ2) is 4.49. The molecule has 0 aliphatic rings. The summed E-state index contributed by atoms with van der Waals surface area (Å²) in [5.41, 5.74) is -1.80. The van der Waals surface area contributed by atoms with E-state index in [9.17, 15) is 17.2 Å². The van der Waals surface area contributed by atoms with E-state index >= 15 is 0 Å². The van der Waals surface area contributed by atoms with Crippen molar-refractivity contribution in [3.8, 4) is 6.07 Å². The SMILES string of the molecule is N#Cc1c(C(F)F)ncc(Cl)c1S(=O)(=O)Cl. The second-order valence-corrected chi connectivity index (χ2v) is 5.46. The first kappa shape index (κ1) is 13.1. The molecular formula is C7H2Cl2F2N2O2S. The molecule has 0 aliphatic heterocycles. The summed E-state index contributed by atoms with van der Waals surface area (Å²) in [6, 6.07) is 1.30. The molecule has 0 N–H and O–H groups in total. The van der Waals surface area contributed by atoms with Gasteiger partial charge in [-0.05, 0) is 0 Å². The van der Waals surface area contributed by atoms with Crippen molar-refractivity contribution in [2.24, 2.45) is 0 Å². The molecule has 0 spiro atoms. The topological polar surface area (TPSA) is 70.8 Å². The fourth-order valence-electron chi connectivity index (χ4n) is 0.997. The van der Waals surface area contributed by atoms with Gasteiger partial charge in [0, 0.05) is 16.9 Å². The van der Waals surface area contributed by atoms with Crippen LogP contribution in [0.2, 0.25) is 5.02 Å². The number of aromatic nitrogens is 1. The van der Waals surface area contributed by atoms with Crippen molar-refractivity contribution in [1.29, 1.82) is 5.26 Å². The van der Waals surface area contributed by atoms with E-state index in [0.717, 1.165) is 0 Å². The second-order valence-electron chi connectivity index (χ2n) is 2.55. The Morgan fingerprint density at radius 3 is 2.44 bits per heavy atom. The molecule has 9 heteroatoms. The summed E-state index contributed by atoms with van der Waals surface area (Å²) in [4.78, 5) is 2.35. The van der Waals surface area contributed by atoms with E-state index in [1.54, 1.807) is 0 Å². The van der Waals surface area contributed by atoms with Gasteiger partial charge in [-0.2, -0.15) is 5.26 Å². The molecule has 16 heavy (non-hydrogen) atoms. The summed E-state index contributed by atoms with van der Waals surface area (Å²) in [7, 11) is 0.601. The van der Waals surface area contributed by atoms with Crippen LogP contribution in [0.1, 0.15) is 17.7 Å². The first-order valence-corrected chi connectivity index (χ1v) is 6.29. The van der Waals surface area contributed by atoms with Crippen LogP contribution in [0.5, 0.6) is 0 Å². The van der Waals surface area contributed by atoms with Crippen LogP contribution in [-0.4, -0.2) is 13.4 Å². The van der Waals surface area contributed by atoms with Gasteiger partial charge in [0.1, 0.15) is 22.2 Å². The van der Waals surface area contributed by atoms with E-state index in [2.05, 4.69) is 4.98 Å². The van der Waals surface area contributed by atoms with Gasteiger partial charge in [0.05, 0.1) is 5.02 Å². The molecule has 0 bridgehead atoms. The third-order valence-electron chi connectivity index (χ3n) is 1.58. The largest absolute Gasteiger partial charge is 0.281 e. The zero-order valence-corrected chi connectivity index (χ0v) is 9.61. The van der Waals surface area contributed by atoms with E-state index in [0.29, 0.717) is 6.20 Å². The molecular weight excluding hydrogens is 285 g/mol. The molecule has 0 aliphatic carbocycles. The van der Waals surface area contributed by atoms with E-state index in [-0.39, 0.29) is 0 Å². The maximum Gasteiger partial charge on any atom is 0.281 e. The number of hydrogen-bond donors (Lipinski definition) is 0. The first-order chi connectivity index (χ1) is 7.29. The van der Waals surface area contributed by atoms with Crippen LogP contribution >= 0.6 is 22.3 Å². The van der Waals surface area contributed by atoms with Gasteiger partial charge < -0.3 is 0 Å². The molecule has 1 rings (SSSR count). The van der Waals surface area contributed by atoms with Gasteiger partial charge in [-0.25, -0.2) is 17.2 Å². The molecule has 1 aromatic heterocycles. The summed E-state index contributed by atoms with van der Waals surface area (Å²) >= 11 is 5.45. The highest BCUT2D eigenvalue weighted by molar-refractivity contribution is 8.13. The third kappa shape index (κ3) is 2.40. The van der Waals surface area contributed by atoms with E-state index < -0.39 is 36.7 Å². The fourth-order valence-corrected chi connectivity index (χ4v) is 2.72. The molecule has 0 saturated carbocycles. The lowest BCUT2D eigenvalue weighted by atomic mass is 10.2. The van der Waals surface area contributed by atoms with Gasteiger partial charge in [0.2, 0.25) is 0 Å². The number of hydrogen-bond acceptors (Lipinski definition) is 4. The Labute approximate surface area is 98.8 Å². The number of pyridine rings is 1. The fraction of sp³-hybridized carbons (Fsp3) is 0.143. The average molecular weight is 287 g/mol. The molecule has 0 unspecified atom stereocenters. The van der Waals surface area contributed by atoms with Gasteiger partial charge in [-0.3, -0.25) is 4.98 Å². The maximum absolute atomic E-state index is 12.4. The van der Waals surface area contributed by atoms with Gasteiger partial charge in [0.15, 0.2) is 0 Å². The third-order valence-corrected chi connectivity index (χ3v) is 3.35. The zero-order chi connectivity index (χ0) is 12.5. The molecule has 86 valence electrons. The van der Waals surface area contributed by atoms with Crippen LogP contribution in [0.3, 0.4) is 0 Å². The van der Waals surface area contributed by atoms with Crippen molar-refractivity contribution in [3.63, 3.8) is 0 Å². The summed E-state index contributed by atoms with van der Waals surface area (Å²) in [6.07, 6.45) is -2.39. The molecule has 1 heterocycles. The average Bonchev–Trinajstić information content (AvgIpc) is 2.14. The Hall–Kier alpha value is -0.970. The Morgan fingerprint density at radius 1 is 1.50 bits per heavy atom. The van der Waals surface area contributed by atoms with Gasteiger partial charge in [-0.15, -0.1) is 0 Å². The van der Waals surface area contributed by atoms with Crippen LogP contribution in [0, 0.1) is 11.3 Å². The van der Waals surface area contributed by atoms with Crippen LogP contribution in [0.25, 0.3) is 0 Å². The van der Waals surface area contributed by atoms with Crippen LogP contribution in [0.15, 0.2) is 11.1 Å². The standard InChI is InChI=1S/C7H2Cl2F2N2O2S/c8-4-2-13-5(7(10)11)3(1-12)6(4)16(9,14)15/h2,7H. The minimum absolute atomic E-state index is 0.476. The number of alkyl halides is 2. The molecule has 0 fully saturated rings. The molecule has 0 aromatic carbocycles. The Bertz CT molecular complexity index is 568. The van der Waals surface area contributed by atoms with Crippen LogP contribution in [-0.2, 0) is 9.05 Å². The number of rotatable bonds is 2. The summed E-state index contributed by atoms with van der Waals surface area (Å²) in [6.45, 7) is 0. The van der Waals surface area contributed by atoms with Crippen LogP contribution in [0.4, 0.5) is 8.78 Å². The van der Waals surface area contributed by atoms with Crippen molar-refractivity contribution in [2.45, 2.75) is 11.3 Å². The number of nitriles is 1. The van der Waals surface area contributed by atoms with Gasteiger partial charge >= 0.3 is 0 Å². The van der Waals surface area contributed by atoms with Crippen molar-refractivity contribution in [2.75, 3.05) is 0 Å². The van der Waals surface area contributed by atoms with Gasteiger partial charge in [-0.1, -0.05) is 11.6 Å². The Kier molecular flexibility index (Phi) is 3.68. The minimum atomic E-state index is -4.39. The summed E-state index contributed by atoms with van der Waals surface area (Å²) in [5, 5.41) is 8.15. The zero-order valence-electron chi connectivity index (χ0n) is 7.29. The Morgan fingerprint density at radius 2 is 2.06 bits per heavy atom. The lowest BCUT2D eigenvalue weighted by Gasteiger charge is -2.06. The van der Waals surface area contributed by atoms with E-state index in [4.69, 9.17) is 27.5 Å². The normalized spacial score (nSPS) is 11.5. The quantitative estimate of drug-likeness (QED) is 0.783. The Balaban J connectivity index is 3.74. The van der Waals surface area contributed by atoms with E-state index in [1.165, 1.54) is 6.07 Å². The smallest absolute Gasteiger partial charge is 0.252 e.